The van der Waals surface area contributed by atoms with Gasteiger partial charge in [0.05, 0.1) is 5.60 Å². The summed E-state index contributed by atoms with van der Waals surface area (Å²) in [4.78, 5) is 18.2. The minimum atomic E-state index is -4.57. The monoisotopic (exact) mass is 332 g/mol. The number of nitrogens with one attached hydrogen (secondary N) is 2. The molecule has 2 rings (SSSR count). The lowest BCUT2D eigenvalue weighted by atomic mass is 9.91. The molecule has 1 fully saturated rings. The van der Waals surface area contributed by atoms with E-state index >= 15 is 0 Å². The van der Waals surface area contributed by atoms with Crippen LogP contribution in [0.3, 0.4) is 0 Å². The van der Waals surface area contributed by atoms with Gasteiger partial charge in [-0.25, -0.2) is 14.8 Å². The molecule has 0 bridgehead atoms. The minimum Gasteiger partial charge on any atom is -0.375 e. The molecule has 9 heteroatoms. The Hall–Kier alpha value is -1.90. The molecule has 1 atom stereocenters. The van der Waals surface area contributed by atoms with E-state index in [-0.39, 0.29) is 18.1 Å². The molecule has 23 heavy (non-hydrogen) atoms. The number of urea groups is 1. The van der Waals surface area contributed by atoms with Crippen molar-refractivity contribution in [3.63, 3.8) is 0 Å². The number of aromatic nitrogens is 2. The Balaban J connectivity index is 1.76. The second-order valence-corrected chi connectivity index (χ2v) is 5.91. The van der Waals surface area contributed by atoms with Crippen LogP contribution in [0.5, 0.6) is 0 Å². The van der Waals surface area contributed by atoms with Crippen LogP contribution in [0.4, 0.5) is 18.0 Å². The quantitative estimate of drug-likeness (QED) is 0.885. The fourth-order valence-corrected chi connectivity index (χ4v) is 2.33. The number of nitrogens with zero attached hydrogens (tertiary/aromatic N) is 2. The average molecular weight is 332 g/mol. The number of rotatable bonds is 4. The van der Waals surface area contributed by atoms with Gasteiger partial charge < -0.3 is 15.4 Å². The van der Waals surface area contributed by atoms with Gasteiger partial charge in [0.25, 0.3) is 0 Å². The van der Waals surface area contributed by atoms with Gasteiger partial charge in [-0.3, -0.25) is 0 Å². The molecule has 2 amide bonds. The molecule has 1 aromatic rings. The van der Waals surface area contributed by atoms with Crippen molar-refractivity contribution in [1.29, 1.82) is 0 Å². The maximum absolute atomic E-state index is 12.3. The van der Waals surface area contributed by atoms with E-state index in [2.05, 4.69) is 20.6 Å². The maximum Gasteiger partial charge on any atom is 0.451 e. The normalized spacial score (nSPS) is 20.3. The summed E-state index contributed by atoms with van der Waals surface area (Å²) in [6.07, 6.45) is -1.60. The van der Waals surface area contributed by atoms with Crippen molar-refractivity contribution in [3.05, 3.63) is 23.8 Å². The molecule has 0 aliphatic carbocycles. The molecule has 6 nitrogen and oxygen atoms in total. The van der Waals surface area contributed by atoms with Gasteiger partial charge in [0.2, 0.25) is 5.82 Å². The highest BCUT2D eigenvalue weighted by atomic mass is 19.4. The standard InChI is InChI=1S/C14H19F3N4O2/c1-13(2)10(3-4-23-13)8-21-12(22)20-7-9-5-18-11(19-6-9)14(15,16)17/h5-6,10H,3-4,7-8H2,1-2H3,(H2,20,21,22). The number of hydrogen-bond acceptors (Lipinski definition) is 4. The lowest BCUT2D eigenvalue weighted by Gasteiger charge is -2.25. The summed E-state index contributed by atoms with van der Waals surface area (Å²) in [5.74, 6) is -0.975. The van der Waals surface area contributed by atoms with Crippen LogP contribution in [0, 0.1) is 5.92 Å². The molecule has 0 spiro atoms. The fourth-order valence-electron chi connectivity index (χ4n) is 2.33. The van der Waals surface area contributed by atoms with E-state index in [1.165, 1.54) is 0 Å². The molecule has 1 saturated heterocycles. The summed E-state index contributed by atoms with van der Waals surface area (Å²) in [5.41, 5.74) is 0.117. The number of ether oxygens (including phenoxy) is 1. The molecule has 128 valence electrons. The van der Waals surface area contributed by atoms with Crippen LogP contribution in [-0.4, -0.2) is 34.8 Å². The predicted octanol–water partition coefficient (Wildman–Crippen LogP) is 2.11. The van der Waals surface area contributed by atoms with Gasteiger partial charge in [-0.2, -0.15) is 13.2 Å². The molecule has 0 radical (unpaired) electrons. The topological polar surface area (TPSA) is 76.1 Å². The second-order valence-electron chi connectivity index (χ2n) is 5.91. The lowest BCUT2D eigenvalue weighted by molar-refractivity contribution is -0.145. The van der Waals surface area contributed by atoms with Crippen LogP contribution < -0.4 is 10.6 Å². The first-order chi connectivity index (χ1) is 10.7. The van der Waals surface area contributed by atoms with Crippen molar-refractivity contribution in [1.82, 2.24) is 20.6 Å². The third-order valence-corrected chi connectivity index (χ3v) is 3.84. The zero-order chi connectivity index (χ0) is 17.1. The molecular weight excluding hydrogens is 313 g/mol. The highest BCUT2D eigenvalue weighted by Gasteiger charge is 2.36. The van der Waals surface area contributed by atoms with Gasteiger partial charge in [0.1, 0.15) is 0 Å². The second kappa shape index (κ2) is 6.69. The largest absolute Gasteiger partial charge is 0.451 e. The predicted molar refractivity (Wildman–Crippen MR) is 75.4 cm³/mol. The summed E-state index contributed by atoms with van der Waals surface area (Å²) < 4.78 is 42.6. The number of amides is 2. The first-order valence-corrected chi connectivity index (χ1v) is 7.22. The van der Waals surface area contributed by atoms with E-state index in [0.717, 1.165) is 18.8 Å². The first-order valence-electron chi connectivity index (χ1n) is 7.22. The Kier molecular flexibility index (Phi) is 5.08. The fraction of sp³-hybridized carbons (Fsp3) is 0.643. The van der Waals surface area contributed by atoms with E-state index < -0.39 is 18.0 Å². The van der Waals surface area contributed by atoms with Gasteiger partial charge in [0, 0.05) is 43.6 Å². The SMILES string of the molecule is CC1(C)OCCC1CNC(=O)NCc1cnc(C(F)(F)F)nc1. The van der Waals surface area contributed by atoms with Gasteiger partial charge >= 0.3 is 12.2 Å². The molecule has 1 aromatic heterocycles. The Bertz CT molecular complexity index is 546. The molecule has 0 aromatic carbocycles. The van der Waals surface area contributed by atoms with E-state index in [0.29, 0.717) is 18.7 Å². The number of carbonyl (C=O) groups excluding carboxylic acids is 1. The number of alkyl halides is 3. The van der Waals surface area contributed by atoms with Crippen LogP contribution in [-0.2, 0) is 17.5 Å². The van der Waals surface area contributed by atoms with Crippen LogP contribution in [0.25, 0.3) is 0 Å². The van der Waals surface area contributed by atoms with E-state index in [1.54, 1.807) is 0 Å². The average Bonchev–Trinajstić information content (AvgIpc) is 2.81. The summed E-state index contributed by atoms with van der Waals surface area (Å²) >= 11 is 0. The first kappa shape index (κ1) is 17.5. The maximum atomic E-state index is 12.3. The highest BCUT2D eigenvalue weighted by Crippen LogP contribution is 2.30. The van der Waals surface area contributed by atoms with Gasteiger partial charge in [-0.05, 0) is 20.3 Å². The summed E-state index contributed by atoms with van der Waals surface area (Å²) in [6, 6.07) is -0.396. The summed E-state index contributed by atoms with van der Waals surface area (Å²) in [6.45, 7) is 5.15. The number of hydrogen-bond donors (Lipinski definition) is 2. The Labute approximate surface area is 131 Å². The summed E-state index contributed by atoms with van der Waals surface area (Å²) in [5, 5.41) is 5.29. The van der Waals surface area contributed by atoms with Gasteiger partial charge in [-0.1, -0.05) is 0 Å². The van der Waals surface area contributed by atoms with Gasteiger partial charge in [0.15, 0.2) is 0 Å². The molecule has 2 N–H and O–H groups in total. The molecule has 1 unspecified atom stereocenters. The number of halogens is 3. The Morgan fingerprint density at radius 2 is 2.00 bits per heavy atom. The molecule has 1 aliphatic heterocycles. The zero-order valence-electron chi connectivity index (χ0n) is 12.9. The van der Waals surface area contributed by atoms with Crippen molar-refractivity contribution in [2.75, 3.05) is 13.2 Å². The van der Waals surface area contributed by atoms with Crippen molar-refractivity contribution in [3.8, 4) is 0 Å². The van der Waals surface area contributed by atoms with Gasteiger partial charge in [-0.15, -0.1) is 0 Å². The molecular formula is C14H19F3N4O2. The zero-order valence-corrected chi connectivity index (χ0v) is 12.9. The molecule has 2 heterocycles. The van der Waals surface area contributed by atoms with Crippen molar-refractivity contribution < 1.29 is 22.7 Å². The van der Waals surface area contributed by atoms with Crippen LogP contribution in [0.1, 0.15) is 31.7 Å². The summed E-state index contributed by atoms with van der Waals surface area (Å²) in [7, 11) is 0. The Morgan fingerprint density at radius 3 is 2.52 bits per heavy atom. The third-order valence-electron chi connectivity index (χ3n) is 3.84. The molecule has 0 saturated carbocycles. The van der Waals surface area contributed by atoms with Crippen molar-refractivity contribution >= 4 is 6.03 Å². The lowest BCUT2D eigenvalue weighted by Crippen LogP contribution is -2.42. The van der Waals surface area contributed by atoms with E-state index in [1.807, 2.05) is 13.8 Å². The van der Waals surface area contributed by atoms with E-state index in [9.17, 15) is 18.0 Å². The third kappa shape index (κ3) is 4.78. The van der Waals surface area contributed by atoms with Crippen LogP contribution in [0.15, 0.2) is 12.4 Å². The minimum absolute atomic E-state index is 0.0501. The molecule has 1 aliphatic rings. The van der Waals surface area contributed by atoms with E-state index in [4.69, 9.17) is 4.74 Å². The van der Waals surface area contributed by atoms with Crippen molar-refractivity contribution in [2.45, 2.75) is 38.6 Å². The van der Waals surface area contributed by atoms with Crippen LogP contribution >= 0.6 is 0 Å². The van der Waals surface area contributed by atoms with Crippen LogP contribution in [0.2, 0.25) is 0 Å². The smallest absolute Gasteiger partial charge is 0.375 e. The number of carbonyl (C=O) groups is 1. The van der Waals surface area contributed by atoms with Crippen molar-refractivity contribution in [2.24, 2.45) is 5.92 Å². The Morgan fingerprint density at radius 1 is 1.35 bits per heavy atom. The highest BCUT2D eigenvalue weighted by molar-refractivity contribution is 5.73.